The summed E-state index contributed by atoms with van der Waals surface area (Å²) in [6, 6.07) is 19.6. The molecule has 3 aromatic carbocycles. The van der Waals surface area contributed by atoms with Crippen LogP contribution in [0.3, 0.4) is 0 Å². The number of nitrogens with one attached hydrogen (secondary N) is 1. The van der Waals surface area contributed by atoms with E-state index in [0.29, 0.717) is 71.4 Å². The molecular weight excluding hydrogens is 638 g/mol. The fourth-order valence-corrected chi connectivity index (χ4v) is 6.58. The summed E-state index contributed by atoms with van der Waals surface area (Å²) in [7, 11) is 0. The highest BCUT2D eigenvalue weighted by molar-refractivity contribution is 6.30. The molecule has 0 fully saturated rings. The maximum atomic E-state index is 14.6. The average Bonchev–Trinajstić information content (AvgIpc) is 3.51. The Bertz CT molecular complexity index is 1810. The Morgan fingerprint density at radius 2 is 1.65 bits per heavy atom. The largest absolute Gasteiger partial charge is 0.394 e. The number of hydrogen-bond acceptors (Lipinski definition) is 5. The van der Waals surface area contributed by atoms with Crippen molar-refractivity contribution < 1.29 is 19.5 Å². The molecule has 10 heteroatoms. The van der Waals surface area contributed by atoms with Crippen LogP contribution in [0.25, 0.3) is 5.69 Å². The van der Waals surface area contributed by atoms with Gasteiger partial charge in [0.05, 0.1) is 23.9 Å². The molecule has 0 aliphatic carbocycles. The maximum Gasteiger partial charge on any atom is 0.274 e. The Kier molecular flexibility index (Phi) is 11.9. The molecule has 1 aliphatic rings. The van der Waals surface area contributed by atoms with Crippen molar-refractivity contribution in [1.82, 2.24) is 19.6 Å². The van der Waals surface area contributed by atoms with Crippen molar-refractivity contribution in [2.24, 2.45) is 0 Å². The maximum absolute atomic E-state index is 14.6. The highest BCUT2D eigenvalue weighted by Crippen LogP contribution is 2.29. The molecule has 258 valence electrons. The number of anilines is 1. The van der Waals surface area contributed by atoms with E-state index in [2.05, 4.69) is 19.2 Å². The lowest BCUT2D eigenvalue weighted by Gasteiger charge is -2.36. The third kappa shape index (κ3) is 8.06. The van der Waals surface area contributed by atoms with Crippen LogP contribution in [-0.4, -0.2) is 68.1 Å². The predicted octanol–water partition coefficient (Wildman–Crippen LogP) is 7.25. The van der Waals surface area contributed by atoms with Crippen molar-refractivity contribution in [2.75, 3.05) is 25.0 Å². The van der Waals surface area contributed by atoms with E-state index in [1.165, 1.54) is 0 Å². The molecule has 5 rings (SSSR count). The van der Waals surface area contributed by atoms with E-state index in [1.54, 1.807) is 52.0 Å². The van der Waals surface area contributed by atoms with E-state index < -0.39 is 6.04 Å². The zero-order chi connectivity index (χ0) is 35.1. The van der Waals surface area contributed by atoms with Crippen molar-refractivity contribution in [1.29, 1.82) is 0 Å². The topological polar surface area (TPSA) is 108 Å². The van der Waals surface area contributed by atoms with Gasteiger partial charge in [-0.25, -0.2) is 4.68 Å². The van der Waals surface area contributed by atoms with E-state index in [0.717, 1.165) is 42.4 Å². The summed E-state index contributed by atoms with van der Waals surface area (Å²) in [5.41, 5.74) is 5.63. The van der Waals surface area contributed by atoms with Crippen LogP contribution >= 0.6 is 11.6 Å². The molecule has 0 spiro atoms. The van der Waals surface area contributed by atoms with Gasteiger partial charge in [0.15, 0.2) is 5.69 Å². The van der Waals surface area contributed by atoms with E-state index >= 15 is 0 Å². The molecule has 0 saturated carbocycles. The normalized spacial score (nSPS) is 14.0. The number of aryl methyl sites for hydroxylation is 2. The molecule has 0 radical (unpaired) electrons. The Labute approximate surface area is 293 Å². The Hall–Kier alpha value is -4.47. The molecule has 2 N–H and O–H groups in total. The van der Waals surface area contributed by atoms with Gasteiger partial charge in [-0.05, 0) is 91.8 Å². The van der Waals surface area contributed by atoms with E-state index in [-0.39, 0.29) is 24.3 Å². The minimum absolute atomic E-state index is 0.136. The van der Waals surface area contributed by atoms with Gasteiger partial charge in [-0.15, -0.1) is 0 Å². The molecule has 4 aromatic rings. The zero-order valence-electron chi connectivity index (χ0n) is 28.8. The zero-order valence-corrected chi connectivity index (χ0v) is 29.6. The number of nitrogens with zero attached hydrogens (tertiary/aromatic N) is 4. The van der Waals surface area contributed by atoms with Crippen LogP contribution in [0.2, 0.25) is 5.02 Å². The van der Waals surface area contributed by atoms with Gasteiger partial charge in [0, 0.05) is 41.6 Å². The van der Waals surface area contributed by atoms with E-state index in [1.807, 2.05) is 43.0 Å². The number of carbonyl (C=O) groups is 3. The highest BCUT2D eigenvalue weighted by atomic mass is 35.5. The number of hydrogen-bond donors (Lipinski definition) is 2. The molecule has 1 aliphatic heterocycles. The summed E-state index contributed by atoms with van der Waals surface area (Å²) in [6.07, 6.45) is 4.91. The predicted molar refractivity (Wildman–Crippen MR) is 194 cm³/mol. The molecule has 3 amide bonds. The molecule has 9 nitrogen and oxygen atoms in total. The highest BCUT2D eigenvalue weighted by Gasteiger charge is 2.32. The van der Waals surface area contributed by atoms with Crippen LogP contribution in [-0.2, 0) is 19.4 Å². The lowest BCUT2D eigenvalue weighted by atomic mass is 9.93. The van der Waals surface area contributed by atoms with Gasteiger partial charge < -0.3 is 20.2 Å². The number of carbonyl (C=O) groups excluding carboxylic acids is 3. The second kappa shape index (κ2) is 16.3. The third-order valence-electron chi connectivity index (χ3n) is 9.19. The standard InChI is InChI=1S/C39H46ClN5O4/c1-5-8-18-43(19-9-6-2)39(49)35-20-26(4)45(42-35)36-17-15-31(41-37(47)33-16-14-30(40)21-27(33)7-3)23-34(36)38(48)44-24-29-13-11-10-12-28(29)22-32(44)25-46/h10-17,20-21,23,32,46H,5-9,18-19,22,24-25H2,1-4H3,(H,41,47). The number of aliphatic hydroxyl groups excluding tert-OH is 1. The number of rotatable bonds is 13. The quantitative estimate of drug-likeness (QED) is 0.154. The lowest BCUT2D eigenvalue weighted by Crippen LogP contribution is -2.46. The number of benzene rings is 3. The van der Waals surface area contributed by atoms with Crippen molar-refractivity contribution >= 4 is 35.0 Å². The van der Waals surface area contributed by atoms with Gasteiger partial charge in [0.1, 0.15) is 0 Å². The van der Waals surface area contributed by atoms with Crippen LogP contribution in [0.1, 0.15) is 100 Å². The first-order chi connectivity index (χ1) is 23.7. The Morgan fingerprint density at radius 3 is 2.33 bits per heavy atom. The molecule has 0 bridgehead atoms. The first-order valence-corrected chi connectivity index (χ1v) is 17.6. The smallest absolute Gasteiger partial charge is 0.274 e. The molecule has 1 atom stereocenters. The van der Waals surface area contributed by atoms with Gasteiger partial charge in [-0.2, -0.15) is 5.10 Å². The second-order valence-corrected chi connectivity index (χ2v) is 13.1. The van der Waals surface area contributed by atoms with Gasteiger partial charge in [0.2, 0.25) is 0 Å². The summed E-state index contributed by atoms with van der Waals surface area (Å²) in [4.78, 5) is 45.3. The fourth-order valence-electron chi connectivity index (χ4n) is 6.39. The third-order valence-corrected chi connectivity index (χ3v) is 9.42. The van der Waals surface area contributed by atoms with Crippen LogP contribution in [0.4, 0.5) is 5.69 Å². The number of aliphatic hydroxyl groups is 1. The Balaban J connectivity index is 1.55. The number of amides is 3. The van der Waals surface area contributed by atoms with Crippen molar-refractivity contribution in [2.45, 2.75) is 78.8 Å². The van der Waals surface area contributed by atoms with Crippen LogP contribution in [0, 0.1) is 6.92 Å². The minimum atomic E-state index is -0.434. The van der Waals surface area contributed by atoms with Crippen LogP contribution < -0.4 is 5.32 Å². The fraction of sp³-hybridized carbons (Fsp3) is 0.385. The summed E-state index contributed by atoms with van der Waals surface area (Å²) >= 11 is 6.19. The first-order valence-electron chi connectivity index (χ1n) is 17.3. The summed E-state index contributed by atoms with van der Waals surface area (Å²) in [5, 5.41) is 18.7. The molecule has 2 heterocycles. The van der Waals surface area contributed by atoms with Crippen molar-refractivity contribution in [3.05, 3.63) is 111 Å². The second-order valence-electron chi connectivity index (χ2n) is 12.7. The van der Waals surface area contributed by atoms with E-state index in [9.17, 15) is 19.5 Å². The number of fused-ring (bicyclic) bond motifs is 1. The van der Waals surface area contributed by atoms with E-state index in [4.69, 9.17) is 16.7 Å². The van der Waals surface area contributed by atoms with Gasteiger partial charge in [-0.3, -0.25) is 14.4 Å². The Morgan fingerprint density at radius 1 is 0.939 bits per heavy atom. The van der Waals surface area contributed by atoms with Crippen LogP contribution in [0.5, 0.6) is 0 Å². The molecule has 1 aromatic heterocycles. The van der Waals surface area contributed by atoms with Gasteiger partial charge in [0.25, 0.3) is 17.7 Å². The molecule has 49 heavy (non-hydrogen) atoms. The number of unbranched alkanes of at least 4 members (excludes halogenated alkanes) is 2. The lowest BCUT2D eigenvalue weighted by molar-refractivity contribution is 0.0544. The number of aromatic nitrogens is 2. The summed E-state index contributed by atoms with van der Waals surface area (Å²) in [5.74, 6) is -0.763. The van der Waals surface area contributed by atoms with Crippen molar-refractivity contribution in [3.8, 4) is 5.69 Å². The van der Waals surface area contributed by atoms with Gasteiger partial charge >= 0.3 is 0 Å². The molecule has 0 saturated heterocycles. The summed E-state index contributed by atoms with van der Waals surface area (Å²) in [6.45, 7) is 9.47. The van der Waals surface area contributed by atoms with Gasteiger partial charge in [-0.1, -0.05) is 69.5 Å². The molecular formula is C39H46ClN5O4. The monoisotopic (exact) mass is 683 g/mol. The van der Waals surface area contributed by atoms with Crippen LogP contribution in [0.15, 0.2) is 66.7 Å². The summed E-state index contributed by atoms with van der Waals surface area (Å²) < 4.78 is 1.63. The van der Waals surface area contributed by atoms with Crippen molar-refractivity contribution in [3.63, 3.8) is 0 Å². The molecule has 1 unspecified atom stereocenters. The minimum Gasteiger partial charge on any atom is -0.394 e. The average molecular weight is 684 g/mol. The number of halogens is 1. The first kappa shape index (κ1) is 35.8. The SMILES string of the molecule is CCCCN(CCCC)C(=O)c1cc(C)n(-c2ccc(NC(=O)c3ccc(Cl)cc3CC)cc2C(=O)N2Cc3ccccc3CC2CO)n1.